The van der Waals surface area contributed by atoms with Crippen LogP contribution in [-0.4, -0.2) is 29.3 Å². The predicted octanol–water partition coefficient (Wildman–Crippen LogP) is 3.40. The van der Waals surface area contributed by atoms with Gasteiger partial charge >= 0.3 is 0 Å². The monoisotopic (exact) mass is 363 g/mol. The Morgan fingerprint density at radius 1 is 1.07 bits per heavy atom. The maximum atomic E-state index is 12.4. The molecule has 0 saturated heterocycles. The number of nitrogens with zero attached hydrogens (tertiary/aromatic N) is 2. The standard InChI is InChI=1S/C22H25N3O2/c1-16-20(17(2)25(24-16)19-10-5-4-6-11-19)15-22(26)23-14-13-18-9-7-8-12-21(18)27-3/h4-12H,13-15H2,1-3H3,(H,23,26). The van der Waals surface area contributed by atoms with Crippen molar-refractivity contribution in [2.75, 3.05) is 13.7 Å². The van der Waals surface area contributed by atoms with Crippen LogP contribution in [0.5, 0.6) is 5.75 Å². The molecular formula is C22H25N3O2. The third kappa shape index (κ3) is 4.37. The van der Waals surface area contributed by atoms with E-state index in [9.17, 15) is 4.79 Å². The van der Waals surface area contributed by atoms with Gasteiger partial charge in [-0.15, -0.1) is 0 Å². The Kier molecular flexibility index (Phi) is 5.91. The molecule has 5 heteroatoms. The van der Waals surface area contributed by atoms with Crippen molar-refractivity contribution in [3.63, 3.8) is 0 Å². The zero-order valence-electron chi connectivity index (χ0n) is 16.0. The minimum atomic E-state index is 0.00343. The van der Waals surface area contributed by atoms with Crippen LogP contribution in [0.3, 0.4) is 0 Å². The number of methoxy groups -OCH3 is 1. The molecule has 2 aromatic carbocycles. The molecule has 0 unspecified atom stereocenters. The molecule has 3 aromatic rings. The van der Waals surface area contributed by atoms with Gasteiger partial charge in [-0.1, -0.05) is 36.4 Å². The fourth-order valence-corrected chi connectivity index (χ4v) is 3.22. The molecule has 0 saturated carbocycles. The lowest BCUT2D eigenvalue weighted by atomic mass is 10.1. The number of carbonyl (C=O) groups excluding carboxylic acids is 1. The summed E-state index contributed by atoms with van der Waals surface area (Å²) in [4.78, 5) is 12.4. The highest BCUT2D eigenvalue weighted by Gasteiger charge is 2.15. The van der Waals surface area contributed by atoms with Crippen LogP contribution in [0.25, 0.3) is 5.69 Å². The summed E-state index contributed by atoms with van der Waals surface area (Å²) in [6, 6.07) is 17.8. The van der Waals surface area contributed by atoms with Crippen LogP contribution in [0.4, 0.5) is 0 Å². The lowest BCUT2D eigenvalue weighted by Crippen LogP contribution is -2.27. The molecule has 0 bridgehead atoms. The Hall–Kier alpha value is -3.08. The minimum Gasteiger partial charge on any atom is -0.496 e. The van der Waals surface area contributed by atoms with Crippen LogP contribution in [0.1, 0.15) is 22.5 Å². The lowest BCUT2D eigenvalue weighted by Gasteiger charge is -2.09. The van der Waals surface area contributed by atoms with Gasteiger partial charge in [0, 0.05) is 17.8 Å². The first-order valence-corrected chi connectivity index (χ1v) is 9.09. The van der Waals surface area contributed by atoms with Gasteiger partial charge in [-0.05, 0) is 44.0 Å². The lowest BCUT2D eigenvalue weighted by molar-refractivity contribution is -0.120. The van der Waals surface area contributed by atoms with E-state index >= 15 is 0 Å². The number of aromatic nitrogens is 2. The maximum absolute atomic E-state index is 12.4. The van der Waals surface area contributed by atoms with Crippen LogP contribution in [-0.2, 0) is 17.6 Å². The van der Waals surface area contributed by atoms with E-state index in [1.54, 1.807) is 7.11 Å². The molecule has 1 amide bonds. The first-order chi connectivity index (χ1) is 13.1. The number of ether oxygens (including phenoxy) is 1. The molecule has 0 aliphatic rings. The zero-order valence-corrected chi connectivity index (χ0v) is 16.0. The first-order valence-electron chi connectivity index (χ1n) is 9.09. The van der Waals surface area contributed by atoms with E-state index in [1.807, 2.05) is 73.1 Å². The number of rotatable bonds is 7. The molecule has 0 aliphatic carbocycles. The van der Waals surface area contributed by atoms with Crippen LogP contribution in [0.2, 0.25) is 0 Å². The highest BCUT2D eigenvalue weighted by atomic mass is 16.5. The smallest absolute Gasteiger partial charge is 0.224 e. The van der Waals surface area contributed by atoms with Gasteiger partial charge in [0.05, 0.1) is 24.9 Å². The average molecular weight is 363 g/mol. The van der Waals surface area contributed by atoms with Gasteiger partial charge in [-0.3, -0.25) is 4.79 Å². The van der Waals surface area contributed by atoms with E-state index in [0.29, 0.717) is 13.0 Å². The summed E-state index contributed by atoms with van der Waals surface area (Å²) in [6.45, 7) is 4.53. The quantitative estimate of drug-likeness (QED) is 0.700. The summed E-state index contributed by atoms with van der Waals surface area (Å²) < 4.78 is 7.25. The number of benzene rings is 2. The molecule has 1 heterocycles. The normalized spacial score (nSPS) is 10.6. The van der Waals surface area contributed by atoms with Crippen molar-refractivity contribution in [2.45, 2.75) is 26.7 Å². The Bertz CT molecular complexity index is 917. The summed E-state index contributed by atoms with van der Waals surface area (Å²) in [5.41, 5.74) is 4.95. The molecule has 0 spiro atoms. The van der Waals surface area contributed by atoms with Gasteiger partial charge in [0.15, 0.2) is 0 Å². The van der Waals surface area contributed by atoms with Gasteiger partial charge in [0.25, 0.3) is 0 Å². The molecule has 0 fully saturated rings. The highest BCUT2D eigenvalue weighted by molar-refractivity contribution is 5.79. The number of carbonyl (C=O) groups is 1. The number of aryl methyl sites for hydroxylation is 1. The minimum absolute atomic E-state index is 0.00343. The van der Waals surface area contributed by atoms with E-state index in [-0.39, 0.29) is 5.91 Å². The van der Waals surface area contributed by atoms with Gasteiger partial charge in [0.2, 0.25) is 5.91 Å². The van der Waals surface area contributed by atoms with Gasteiger partial charge in [0.1, 0.15) is 5.75 Å². The number of nitrogens with one attached hydrogen (secondary N) is 1. The fourth-order valence-electron chi connectivity index (χ4n) is 3.22. The topological polar surface area (TPSA) is 56.1 Å². The second-order valence-electron chi connectivity index (χ2n) is 6.49. The molecule has 0 atom stereocenters. The van der Waals surface area contributed by atoms with Crippen molar-refractivity contribution in [3.8, 4) is 11.4 Å². The molecule has 3 rings (SSSR count). The van der Waals surface area contributed by atoms with E-state index in [2.05, 4.69) is 10.4 Å². The van der Waals surface area contributed by atoms with E-state index in [4.69, 9.17) is 4.74 Å². The third-order valence-corrected chi connectivity index (χ3v) is 4.69. The van der Waals surface area contributed by atoms with Gasteiger partial charge in [-0.2, -0.15) is 5.10 Å². The Balaban J connectivity index is 1.62. The largest absolute Gasteiger partial charge is 0.496 e. The van der Waals surface area contributed by atoms with E-state index < -0.39 is 0 Å². The highest BCUT2D eigenvalue weighted by Crippen LogP contribution is 2.19. The van der Waals surface area contributed by atoms with Crippen LogP contribution < -0.4 is 10.1 Å². The van der Waals surface area contributed by atoms with Crippen molar-refractivity contribution in [3.05, 3.63) is 77.1 Å². The predicted molar refractivity (Wildman–Crippen MR) is 106 cm³/mol. The fraction of sp³-hybridized carbons (Fsp3) is 0.273. The Morgan fingerprint density at radius 3 is 2.52 bits per heavy atom. The van der Waals surface area contributed by atoms with Crippen LogP contribution >= 0.6 is 0 Å². The molecular weight excluding hydrogens is 338 g/mol. The van der Waals surface area contributed by atoms with Crippen molar-refractivity contribution in [2.24, 2.45) is 0 Å². The molecule has 27 heavy (non-hydrogen) atoms. The Labute approximate surface area is 160 Å². The summed E-state index contributed by atoms with van der Waals surface area (Å²) in [7, 11) is 1.66. The second-order valence-corrected chi connectivity index (χ2v) is 6.49. The number of amides is 1. The second kappa shape index (κ2) is 8.54. The molecule has 140 valence electrons. The molecule has 1 aromatic heterocycles. The molecule has 0 radical (unpaired) electrons. The Morgan fingerprint density at radius 2 is 1.78 bits per heavy atom. The average Bonchev–Trinajstić information content (AvgIpc) is 2.97. The molecule has 1 N–H and O–H groups in total. The zero-order chi connectivity index (χ0) is 19.2. The van der Waals surface area contributed by atoms with Gasteiger partial charge < -0.3 is 10.1 Å². The summed E-state index contributed by atoms with van der Waals surface area (Å²) in [5.74, 6) is 0.853. The maximum Gasteiger partial charge on any atom is 0.224 e. The summed E-state index contributed by atoms with van der Waals surface area (Å²) in [6.07, 6.45) is 1.06. The SMILES string of the molecule is COc1ccccc1CCNC(=O)Cc1c(C)nn(-c2ccccc2)c1C. The van der Waals surface area contributed by atoms with Crippen molar-refractivity contribution >= 4 is 5.91 Å². The van der Waals surface area contributed by atoms with Crippen LogP contribution in [0.15, 0.2) is 54.6 Å². The van der Waals surface area contributed by atoms with E-state index in [1.165, 1.54) is 0 Å². The van der Waals surface area contributed by atoms with Crippen molar-refractivity contribution in [1.82, 2.24) is 15.1 Å². The number of hydrogen-bond acceptors (Lipinski definition) is 3. The van der Waals surface area contributed by atoms with Crippen molar-refractivity contribution in [1.29, 1.82) is 0 Å². The van der Waals surface area contributed by atoms with Crippen molar-refractivity contribution < 1.29 is 9.53 Å². The number of para-hydroxylation sites is 2. The summed E-state index contributed by atoms with van der Waals surface area (Å²) in [5, 5.41) is 7.61. The van der Waals surface area contributed by atoms with E-state index in [0.717, 1.165) is 40.4 Å². The molecule has 5 nitrogen and oxygen atoms in total. The van der Waals surface area contributed by atoms with Crippen LogP contribution in [0, 0.1) is 13.8 Å². The first kappa shape index (κ1) is 18.7. The van der Waals surface area contributed by atoms with Gasteiger partial charge in [-0.25, -0.2) is 4.68 Å². The molecule has 0 aliphatic heterocycles. The number of hydrogen-bond donors (Lipinski definition) is 1. The third-order valence-electron chi connectivity index (χ3n) is 4.69. The summed E-state index contributed by atoms with van der Waals surface area (Å²) >= 11 is 0.